The van der Waals surface area contributed by atoms with Gasteiger partial charge in [0.2, 0.25) is 9.84 Å². The van der Waals surface area contributed by atoms with Crippen molar-refractivity contribution in [2.75, 3.05) is 0 Å². The average Bonchev–Trinajstić information content (AvgIpc) is 2.52. The third-order valence-electron chi connectivity index (χ3n) is 3.64. The molecule has 0 bridgehead atoms. The maximum absolute atomic E-state index is 13.9. The van der Waals surface area contributed by atoms with Gasteiger partial charge in [0.05, 0.1) is 9.23 Å². The van der Waals surface area contributed by atoms with Crippen molar-refractivity contribution in [3.63, 3.8) is 0 Å². The lowest BCUT2D eigenvalue weighted by atomic mass is 9.92. The summed E-state index contributed by atoms with van der Waals surface area (Å²) in [6.07, 6.45) is -4.33. The summed E-state index contributed by atoms with van der Waals surface area (Å²) < 4.78 is 115. The lowest BCUT2D eigenvalue weighted by Crippen LogP contribution is -2.56. The number of alkyl halides is 8. The molecule has 1 aliphatic rings. The zero-order valence-corrected chi connectivity index (χ0v) is 18.6. The van der Waals surface area contributed by atoms with Crippen LogP contribution >= 0.6 is 47.8 Å². The monoisotopic (exact) mass is 621 g/mol. The minimum absolute atomic E-state index is 0.132. The highest BCUT2D eigenvalue weighted by molar-refractivity contribution is 9.12. The van der Waals surface area contributed by atoms with Crippen molar-refractivity contribution >= 4 is 57.6 Å². The minimum Gasteiger partial charge on any atom is -0.217 e. The van der Waals surface area contributed by atoms with Crippen molar-refractivity contribution in [2.24, 2.45) is 0 Å². The number of hydrogen-bond donors (Lipinski definition) is 0. The molecule has 28 heavy (non-hydrogen) atoms. The Balaban J connectivity index is 2.68. The van der Waals surface area contributed by atoms with E-state index in [1.807, 2.05) is 0 Å². The van der Waals surface area contributed by atoms with E-state index >= 15 is 0 Å². The van der Waals surface area contributed by atoms with Gasteiger partial charge in [-0.15, -0.1) is 0 Å². The molecule has 2 rings (SSSR count). The van der Waals surface area contributed by atoms with Crippen LogP contribution in [0.25, 0.3) is 0 Å². The van der Waals surface area contributed by atoms with Gasteiger partial charge in [-0.25, -0.2) is 8.42 Å². The highest BCUT2D eigenvalue weighted by atomic mass is 79.9. The lowest BCUT2D eigenvalue weighted by molar-refractivity contribution is -0.331. The summed E-state index contributed by atoms with van der Waals surface area (Å²) in [7, 11) is -6.44. The first-order valence-corrected chi connectivity index (χ1v) is 10.8. The van der Waals surface area contributed by atoms with Crippen molar-refractivity contribution in [1.82, 2.24) is 0 Å². The SMILES string of the molecule is O=S(=O)(C1=CC(Br)(c2ccccc2Br)[CH]C(Br)=C1)C(F)(F)C(F)(F)C(F)(F)F. The Morgan fingerprint density at radius 3 is 1.96 bits per heavy atom. The van der Waals surface area contributed by atoms with E-state index in [4.69, 9.17) is 0 Å². The standard InChI is InChI=1S/C15H7Br3F7O2S/c16-8-5-9(7-12(18,6-8)10-3-1-2-4-11(10)17)28(26,27)15(24,25)13(19,20)14(21,22)23/h1-7H. The average molecular weight is 624 g/mol. The summed E-state index contributed by atoms with van der Waals surface area (Å²) in [5.41, 5.74) is 0.290. The summed E-state index contributed by atoms with van der Waals surface area (Å²) in [5, 5.41) is -6.44. The first-order chi connectivity index (χ1) is 12.5. The molecule has 2 nitrogen and oxygen atoms in total. The van der Waals surface area contributed by atoms with Gasteiger partial charge in [-0.2, -0.15) is 30.7 Å². The second kappa shape index (κ2) is 7.38. The molecule has 0 saturated carbocycles. The molecule has 1 unspecified atom stereocenters. The quantitative estimate of drug-likeness (QED) is 0.279. The summed E-state index contributed by atoms with van der Waals surface area (Å²) in [4.78, 5) is -1.41. The Bertz CT molecular complexity index is 955. The Morgan fingerprint density at radius 2 is 1.46 bits per heavy atom. The molecule has 1 atom stereocenters. The fourth-order valence-electron chi connectivity index (χ4n) is 2.23. The summed E-state index contributed by atoms with van der Waals surface area (Å²) in [5.74, 6) is -6.80. The molecule has 155 valence electrons. The van der Waals surface area contributed by atoms with Crippen LogP contribution in [-0.4, -0.2) is 25.8 Å². The van der Waals surface area contributed by atoms with Gasteiger partial charge in [-0.3, -0.25) is 0 Å². The van der Waals surface area contributed by atoms with Crippen LogP contribution < -0.4 is 0 Å². The van der Waals surface area contributed by atoms with E-state index in [0.717, 1.165) is 0 Å². The molecular formula is C15H7Br3F7O2S. The van der Waals surface area contributed by atoms with Crippen LogP contribution in [0.5, 0.6) is 0 Å². The van der Waals surface area contributed by atoms with Gasteiger partial charge in [-0.05, 0) is 23.8 Å². The number of hydrogen-bond acceptors (Lipinski definition) is 2. The Morgan fingerprint density at radius 1 is 0.929 bits per heavy atom. The molecule has 1 aliphatic carbocycles. The molecule has 0 N–H and O–H groups in total. The van der Waals surface area contributed by atoms with Crippen LogP contribution in [-0.2, 0) is 14.2 Å². The van der Waals surface area contributed by atoms with Gasteiger partial charge in [0.15, 0.2) is 0 Å². The molecule has 0 saturated heterocycles. The molecule has 0 amide bonds. The minimum atomic E-state index is -6.80. The van der Waals surface area contributed by atoms with Gasteiger partial charge in [-0.1, -0.05) is 66.0 Å². The first kappa shape index (κ1) is 23.9. The number of halogens is 10. The van der Waals surface area contributed by atoms with E-state index < -0.39 is 36.4 Å². The summed E-state index contributed by atoms with van der Waals surface area (Å²) in [6, 6.07) is 6.12. The van der Waals surface area contributed by atoms with Gasteiger partial charge < -0.3 is 0 Å². The highest BCUT2D eigenvalue weighted by Gasteiger charge is 2.79. The third kappa shape index (κ3) is 3.83. The van der Waals surface area contributed by atoms with E-state index in [1.165, 1.54) is 24.6 Å². The number of benzene rings is 1. The fraction of sp³-hybridized carbons (Fsp3) is 0.267. The molecule has 0 aliphatic heterocycles. The molecule has 0 aromatic heterocycles. The van der Waals surface area contributed by atoms with Crippen molar-refractivity contribution < 1.29 is 39.2 Å². The molecule has 1 aromatic carbocycles. The predicted molar refractivity (Wildman–Crippen MR) is 99.0 cm³/mol. The lowest BCUT2D eigenvalue weighted by Gasteiger charge is -2.32. The summed E-state index contributed by atoms with van der Waals surface area (Å²) in [6.45, 7) is 0. The first-order valence-electron chi connectivity index (χ1n) is 6.94. The fourth-order valence-corrected chi connectivity index (χ4v) is 6.54. The third-order valence-corrected chi connectivity index (χ3v) is 7.46. The van der Waals surface area contributed by atoms with Gasteiger partial charge in [0, 0.05) is 15.4 Å². The van der Waals surface area contributed by atoms with E-state index in [2.05, 4.69) is 47.8 Å². The molecule has 0 spiro atoms. The van der Waals surface area contributed by atoms with Crippen molar-refractivity contribution in [3.05, 3.63) is 62.3 Å². The molecule has 0 heterocycles. The number of rotatable bonds is 4. The largest absolute Gasteiger partial charge is 0.461 e. The second-order valence-electron chi connectivity index (χ2n) is 5.56. The molecule has 13 heteroatoms. The smallest absolute Gasteiger partial charge is 0.217 e. The number of allylic oxidation sites excluding steroid dienone is 3. The van der Waals surface area contributed by atoms with Crippen molar-refractivity contribution in [2.45, 2.75) is 21.7 Å². The van der Waals surface area contributed by atoms with Crippen LogP contribution in [0.2, 0.25) is 0 Å². The van der Waals surface area contributed by atoms with Crippen LogP contribution in [0.1, 0.15) is 5.56 Å². The van der Waals surface area contributed by atoms with Crippen LogP contribution in [0.3, 0.4) is 0 Å². The van der Waals surface area contributed by atoms with E-state index in [1.54, 1.807) is 6.07 Å². The highest BCUT2D eigenvalue weighted by Crippen LogP contribution is 2.53. The molecule has 0 fully saturated rings. The van der Waals surface area contributed by atoms with Crippen molar-refractivity contribution in [1.29, 1.82) is 0 Å². The maximum Gasteiger partial charge on any atom is 0.461 e. The Labute approximate surface area is 180 Å². The van der Waals surface area contributed by atoms with E-state index in [-0.39, 0.29) is 4.48 Å². The molecule has 1 aromatic rings. The molecule has 1 radical (unpaired) electrons. The Kier molecular flexibility index (Phi) is 6.29. The zero-order chi connectivity index (χ0) is 21.8. The maximum atomic E-state index is 13.9. The van der Waals surface area contributed by atoms with Crippen molar-refractivity contribution in [3.8, 4) is 0 Å². The van der Waals surface area contributed by atoms with Gasteiger partial charge >= 0.3 is 17.4 Å². The van der Waals surface area contributed by atoms with Gasteiger partial charge in [0.1, 0.15) is 0 Å². The van der Waals surface area contributed by atoms with Crippen LogP contribution in [0.15, 0.2) is 50.3 Å². The Hall–Kier alpha value is -0.400. The van der Waals surface area contributed by atoms with Gasteiger partial charge in [0.25, 0.3) is 0 Å². The van der Waals surface area contributed by atoms with E-state index in [0.29, 0.717) is 22.2 Å². The topological polar surface area (TPSA) is 34.1 Å². The van der Waals surface area contributed by atoms with E-state index in [9.17, 15) is 39.2 Å². The predicted octanol–water partition coefficient (Wildman–Crippen LogP) is 6.63. The normalized spacial score (nSPS) is 21.9. The zero-order valence-electron chi connectivity index (χ0n) is 13.0. The van der Waals surface area contributed by atoms with Crippen LogP contribution in [0.4, 0.5) is 30.7 Å². The molecular weight excluding hydrogens is 617 g/mol. The second-order valence-corrected chi connectivity index (χ2v) is 10.6. The summed E-state index contributed by atoms with van der Waals surface area (Å²) >= 11 is 9.18. The number of sulfone groups is 1. The van der Waals surface area contributed by atoms with Crippen LogP contribution in [0, 0.1) is 6.42 Å².